The van der Waals surface area contributed by atoms with E-state index in [1.54, 1.807) is 16.8 Å². The second-order valence-corrected chi connectivity index (χ2v) is 3.38. The van der Waals surface area contributed by atoms with Crippen LogP contribution in [-0.2, 0) is 13.6 Å². The molecule has 0 aliphatic carbocycles. The molecule has 1 heterocycles. The lowest BCUT2D eigenvalue weighted by Crippen LogP contribution is -1.99. The zero-order chi connectivity index (χ0) is 10.8. The van der Waals surface area contributed by atoms with Crippen LogP contribution < -0.4 is 5.73 Å². The van der Waals surface area contributed by atoms with Gasteiger partial charge in [0.25, 0.3) is 0 Å². The van der Waals surface area contributed by atoms with E-state index in [1.807, 2.05) is 25.4 Å². The van der Waals surface area contributed by atoms with Gasteiger partial charge in [-0.25, -0.2) is 0 Å². The number of phenolic OH excluding ortho intramolecular Hbond substituents is 1. The van der Waals surface area contributed by atoms with Crippen LogP contribution in [0.25, 0.3) is 11.1 Å². The molecular weight excluding hydrogens is 190 g/mol. The van der Waals surface area contributed by atoms with Crippen molar-refractivity contribution in [2.75, 3.05) is 0 Å². The van der Waals surface area contributed by atoms with E-state index < -0.39 is 0 Å². The number of rotatable bonds is 2. The number of hydrogen-bond donors (Lipinski definition) is 2. The van der Waals surface area contributed by atoms with Crippen molar-refractivity contribution >= 4 is 0 Å². The first kappa shape index (κ1) is 9.73. The Hall–Kier alpha value is -1.81. The predicted molar refractivity (Wildman–Crippen MR) is 58.2 cm³/mol. The fraction of sp³-hybridized carbons (Fsp3) is 0.182. The van der Waals surface area contributed by atoms with Gasteiger partial charge in [-0.3, -0.25) is 4.68 Å². The number of hydrogen-bond acceptors (Lipinski definition) is 3. The molecular formula is C11H13N3O. The van der Waals surface area contributed by atoms with Gasteiger partial charge >= 0.3 is 0 Å². The van der Waals surface area contributed by atoms with Gasteiger partial charge in [0.15, 0.2) is 0 Å². The quantitative estimate of drug-likeness (QED) is 0.772. The molecule has 0 atom stereocenters. The molecule has 0 saturated heterocycles. The topological polar surface area (TPSA) is 64.1 Å². The van der Waals surface area contributed by atoms with Crippen molar-refractivity contribution in [1.82, 2.24) is 9.78 Å². The van der Waals surface area contributed by atoms with Crippen LogP contribution in [0.2, 0.25) is 0 Å². The average molecular weight is 203 g/mol. The standard InChI is InChI=1S/C11H13N3O/c1-14-7-9(10(6-12)13-14)8-4-2-3-5-11(8)15/h2-5,7,15H,6,12H2,1H3. The van der Waals surface area contributed by atoms with Crippen molar-refractivity contribution < 1.29 is 5.11 Å². The summed E-state index contributed by atoms with van der Waals surface area (Å²) in [4.78, 5) is 0. The van der Waals surface area contributed by atoms with Crippen molar-refractivity contribution in [2.45, 2.75) is 6.54 Å². The Balaban J connectivity index is 2.58. The molecule has 0 fully saturated rings. The third-order valence-electron chi connectivity index (χ3n) is 2.29. The normalized spacial score (nSPS) is 10.5. The molecule has 2 aromatic rings. The van der Waals surface area contributed by atoms with Gasteiger partial charge in [0.05, 0.1) is 5.69 Å². The number of para-hydroxylation sites is 1. The van der Waals surface area contributed by atoms with E-state index in [4.69, 9.17) is 5.73 Å². The molecule has 78 valence electrons. The smallest absolute Gasteiger partial charge is 0.123 e. The van der Waals surface area contributed by atoms with E-state index in [9.17, 15) is 5.11 Å². The third-order valence-corrected chi connectivity index (χ3v) is 2.29. The molecule has 1 aromatic heterocycles. The summed E-state index contributed by atoms with van der Waals surface area (Å²) in [5.41, 5.74) is 8.04. The predicted octanol–water partition coefficient (Wildman–Crippen LogP) is 1.25. The Kier molecular flexibility index (Phi) is 2.43. The molecule has 0 spiro atoms. The van der Waals surface area contributed by atoms with Crippen LogP contribution in [0, 0.1) is 0 Å². The van der Waals surface area contributed by atoms with Crippen molar-refractivity contribution in [3.63, 3.8) is 0 Å². The first-order valence-electron chi connectivity index (χ1n) is 4.73. The lowest BCUT2D eigenvalue weighted by atomic mass is 10.1. The Morgan fingerprint density at radius 3 is 2.73 bits per heavy atom. The molecule has 4 nitrogen and oxygen atoms in total. The van der Waals surface area contributed by atoms with Gasteiger partial charge in [0.1, 0.15) is 5.75 Å². The Bertz CT molecular complexity index is 476. The minimum absolute atomic E-state index is 0.250. The van der Waals surface area contributed by atoms with Crippen molar-refractivity contribution in [3.05, 3.63) is 36.2 Å². The van der Waals surface area contributed by atoms with Crippen molar-refractivity contribution in [2.24, 2.45) is 12.8 Å². The maximum atomic E-state index is 9.72. The summed E-state index contributed by atoms with van der Waals surface area (Å²) in [5.74, 6) is 0.250. The fourth-order valence-corrected chi connectivity index (χ4v) is 1.61. The van der Waals surface area contributed by atoms with E-state index in [0.717, 1.165) is 16.8 Å². The molecule has 0 aliphatic rings. The minimum atomic E-state index is 0.250. The van der Waals surface area contributed by atoms with Crippen LogP contribution in [0.4, 0.5) is 0 Å². The molecule has 0 unspecified atom stereocenters. The van der Waals surface area contributed by atoms with E-state index >= 15 is 0 Å². The molecule has 0 amide bonds. The summed E-state index contributed by atoms with van der Waals surface area (Å²) in [6.45, 7) is 0.366. The molecule has 0 aliphatic heterocycles. The zero-order valence-electron chi connectivity index (χ0n) is 8.51. The van der Waals surface area contributed by atoms with E-state index in [2.05, 4.69) is 5.10 Å². The first-order chi connectivity index (χ1) is 7.22. The Morgan fingerprint density at radius 1 is 1.33 bits per heavy atom. The van der Waals surface area contributed by atoms with Crippen LogP contribution >= 0.6 is 0 Å². The van der Waals surface area contributed by atoms with Crippen molar-refractivity contribution in [1.29, 1.82) is 0 Å². The van der Waals surface area contributed by atoms with Crippen LogP contribution in [0.15, 0.2) is 30.5 Å². The average Bonchev–Trinajstić information content (AvgIpc) is 2.60. The second-order valence-electron chi connectivity index (χ2n) is 3.38. The van der Waals surface area contributed by atoms with Gasteiger partial charge in [-0.05, 0) is 6.07 Å². The van der Waals surface area contributed by atoms with Gasteiger partial charge < -0.3 is 10.8 Å². The van der Waals surface area contributed by atoms with E-state index in [1.165, 1.54) is 0 Å². The van der Waals surface area contributed by atoms with Crippen LogP contribution in [0.1, 0.15) is 5.69 Å². The van der Waals surface area contributed by atoms with Crippen LogP contribution in [-0.4, -0.2) is 14.9 Å². The first-order valence-corrected chi connectivity index (χ1v) is 4.73. The van der Waals surface area contributed by atoms with Crippen LogP contribution in [0.3, 0.4) is 0 Å². The summed E-state index contributed by atoms with van der Waals surface area (Å²) in [5, 5.41) is 13.9. The molecule has 4 heteroatoms. The number of benzene rings is 1. The number of nitrogens with zero attached hydrogens (tertiary/aromatic N) is 2. The largest absolute Gasteiger partial charge is 0.507 e. The number of nitrogens with two attached hydrogens (primary N) is 1. The molecule has 3 N–H and O–H groups in total. The summed E-state index contributed by atoms with van der Waals surface area (Å²) < 4.78 is 1.70. The van der Waals surface area contributed by atoms with Gasteiger partial charge in [-0.1, -0.05) is 18.2 Å². The Labute approximate surface area is 88.0 Å². The lowest BCUT2D eigenvalue weighted by Gasteiger charge is -2.02. The highest BCUT2D eigenvalue weighted by Crippen LogP contribution is 2.30. The van der Waals surface area contributed by atoms with Crippen LogP contribution in [0.5, 0.6) is 5.75 Å². The van der Waals surface area contributed by atoms with Gasteiger partial charge in [0.2, 0.25) is 0 Å². The van der Waals surface area contributed by atoms with Gasteiger partial charge in [-0.2, -0.15) is 5.10 Å². The van der Waals surface area contributed by atoms with E-state index in [-0.39, 0.29) is 5.75 Å². The number of aryl methyl sites for hydroxylation is 1. The molecule has 15 heavy (non-hydrogen) atoms. The molecule has 0 bridgehead atoms. The highest BCUT2D eigenvalue weighted by atomic mass is 16.3. The molecule has 2 rings (SSSR count). The number of phenols is 1. The maximum absolute atomic E-state index is 9.72. The third kappa shape index (κ3) is 1.71. The number of aromatic nitrogens is 2. The number of aromatic hydroxyl groups is 1. The highest BCUT2D eigenvalue weighted by molar-refractivity contribution is 5.71. The molecule has 0 radical (unpaired) electrons. The van der Waals surface area contributed by atoms with Gasteiger partial charge in [-0.15, -0.1) is 0 Å². The Morgan fingerprint density at radius 2 is 2.07 bits per heavy atom. The zero-order valence-corrected chi connectivity index (χ0v) is 8.51. The summed E-state index contributed by atoms with van der Waals surface area (Å²) in [6, 6.07) is 7.17. The molecule has 1 aromatic carbocycles. The monoisotopic (exact) mass is 203 g/mol. The summed E-state index contributed by atoms with van der Waals surface area (Å²) >= 11 is 0. The van der Waals surface area contributed by atoms with Crippen molar-refractivity contribution in [3.8, 4) is 16.9 Å². The highest BCUT2D eigenvalue weighted by Gasteiger charge is 2.11. The fourth-order valence-electron chi connectivity index (χ4n) is 1.61. The summed E-state index contributed by atoms with van der Waals surface area (Å²) in [7, 11) is 1.84. The summed E-state index contributed by atoms with van der Waals surface area (Å²) in [6.07, 6.45) is 1.86. The van der Waals surface area contributed by atoms with E-state index in [0.29, 0.717) is 6.54 Å². The second kappa shape index (κ2) is 3.74. The maximum Gasteiger partial charge on any atom is 0.123 e. The lowest BCUT2D eigenvalue weighted by molar-refractivity contribution is 0.477. The van der Waals surface area contributed by atoms with Gasteiger partial charge in [0, 0.05) is 30.9 Å². The SMILES string of the molecule is Cn1cc(-c2ccccc2O)c(CN)n1. The molecule has 0 saturated carbocycles. The minimum Gasteiger partial charge on any atom is -0.507 e.